The van der Waals surface area contributed by atoms with Gasteiger partial charge in [-0.15, -0.1) is 0 Å². The second-order valence-corrected chi connectivity index (χ2v) is 3.95. The lowest BCUT2D eigenvalue weighted by Gasteiger charge is -2.17. The van der Waals surface area contributed by atoms with E-state index < -0.39 is 0 Å². The van der Waals surface area contributed by atoms with E-state index in [-0.39, 0.29) is 5.82 Å². The Morgan fingerprint density at radius 3 is 2.86 bits per heavy atom. The SMILES string of the molecule is CC[C@H]1CNC[C@@H]1c1ccccc1F. The molecular weight excluding hydrogens is 177 g/mol. The Balaban J connectivity index is 2.26. The molecule has 1 saturated heterocycles. The highest BCUT2D eigenvalue weighted by Crippen LogP contribution is 2.31. The van der Waals surface area contributed by atoms with Gasteiger partial charge in [-0.1, -0.05) is 31.5 Å². The minimum absolute atomic E-state index is 0.0559. The number of benzene rings is 1. The van der Waals surface area contributed by atoms with Crippen LogP contribution in [0.1, 0.15) is 24.8 Å². The van der Waals surface area contributed by atoms with Crippen molar-refractivity contribution in [2.24, 2.45) is 5.92 Å². The van der Waals surface area contributed by atoms with Gasteiger partial charge in [0.1, 0.15) is 5.82 Å². The van der Waals surface area contributed by atoms with Crippen LogP contribution in [0.2, 0.25) is 0 Å². The van der Waals surface area contributed by atoms with Crippen LogP contribution >= 0.6 is 0 Å². The van der Waals surface area contributed by atoms with Crippen molar-refractivity contribution in [1.82, 2.24) is 5.32 Å². The molecule has 0 amide bonds. The Morgan fingerprint density at radius 1 is 1.36 bits per heavy atom. The molecule has 0 aromatic heterocycles. The smallest absolute Gasteiger partial charge is 0.126 e. The first-order valence-electron chi connectivity index (χ1n) is 5.28. The van der Waals surface area contributed by atoms with E-state index in [1.54, 1.807) is 12.1 Å². The molecule has 76 valence electrons. The molecular formula is C12H16FN. The second kappa shape index (κ2) is 4.09. The van der Waals surface area contributed by atoms with Crippen molar-refractivity contribution < 1.29 is 4.39 Å². The number of rotatable bonds is 2. The molecule has 0 bridgehead atoms. The standard InChI is InChI=1S/C12H16FN/c1-2-9-7-14-8-11(9)10-5-3-4-6-12(10)13/h3-6,9,11,14H,2,7-8H2,1H3/t9-,11-/m0/s1. The summed E-state index contributed by atoms with van der Waals surface area (Å²) in [5.74, 6) is 0.896. The highest BCUT2D eigenvalue weighted by Gasteiger charge is 2.28. The monoisotopic (exact) mass is 193 g/mol. The zero-order chi connectivity index (χ0) is 9.97. The normalized spacial score (nSPS) is 26.7. The van der Waals surface area contributed by atoms with Crippen molar-refractivity contribution in [3.8, 4) is 0 Å². The van der Waals surface area contributed by atoms with Gasteiger partial charge in [0, 0.05) is 12.5 Å². The lowest BCUT2D eigenvalue weighted by Crippen LogP contribution is -2.11. The first-order chi connectivity index (χ1) is 6.83. The summed E-state index contributed by atoms with van der Waals surface area (Å²) in [4.78, 5) is 0. The minimum Gasteiger partial charge on any atom is -0.316 e. The number of hydrogen-bond donors (Lipinski definition) is 1. The van der Waals surface area contributed by atoms with Crippen LogP contribution in [-0.2, 0) is 0 Å². The molecule has 0 aliphatic carbocycles. The van der Waals surface area contributed by atoms with Crippen LogP contribution < -0.4 is 5.32 Å². The van der Waals surface area contributed by atoms with Crippen LogP contribution in [0, 0.1) is 11.7 Å². The van der Waals surface area contributed by atoms with Crippen molar-refractivity contribution in [3.05, 3.63) is 35.6 Å². The van der Waals surface area contributed by atoms with Crippen molar-refractivity contribution in [3.63, 3.8) is 0 Å². The molecule has 1 aliphatic rings. The van der Waals surface area contributed by atoms with Crippen LogP contribution in [0.5, 0.6) is 0 Å². The highest BCUT2D eigenvalue weighted by atomic mass is 19.1. The van der Waals surface area contributed by atoms with E-state index in [4.69, 9.17) is 0 Å². The molecule has 1 aromatic rings. The van der Waals surface area contributed by atoms with Gasteiger partial charge in [-0.05, 0) is 24.1 Å². The van der Waals surface area contributed by atoms with Crippen molar-refractivity contribution >= 4 is 0 Å². The Hall–Kier alpha value is -0.890. The molecule has 1 aromatic carbocycles. The summed E-state index contributed by atoms with van der Waals surface area (Å²) in [7, 11) is 0. The second-order valence-electron chi connectivity index (χ2n) is 3.95. The Labute approximate surface area is 84.3 Å². The number of halogens is 1. The molecule has 1 aliphatic heterocycles. The molecule has 0 spiro atoms. The van der Waals surface area contributed by atoms with Crippen LogP contribution in [-0.4, -0.2) is 13.1 Å². The molecule has 14 heavy (non-hydrogen) atoms. The zero-order valence-electron chi connectivity index (χ0n) is 8.46. The summed E-state index contributed by atoms with van der Waals surface area (Å²) in [5, 5.41) is 3.33. The van der Waals surface area contributed by atoms with Gasteiger partial charge in [0.15, 0.2) is 0 Å². The van der Waals surface area contributed by atoms with Crippen LogP contribution in [0.4, 0.5) is 4.39 Å². The largest absolute Gasteiger partial charge is 0.316 e. The van der Waals surface area contributed by atoms with E-state index in [1.807, 2.05) is 12.1 Å². The molecule has 1 heterocycles. The van der Waals surface area contributed by atoms with E-state index >= 15 is 0 Å². The average Bonchev–Trinajstić information content (AvgIpc) is 2.66. The van der Waals surface area contributed by atoms with Crippen molar-refractivity contribution in [1.29, 1.82) is 0 Å². The summed E-state index contributed by atoms with van der Waals surface area (Å²) < 4.78 is 13.5. The predicted octanol–water partition coefficient (Wildman–Crippen LogP) is 2.54. The van der Waals surface area contributed by atoms with Gasteiger partial charge in [-0.2, -0.15) is 0 Å². The number of hydrogen-bond acceptors (Lipinski definition) is 1. The predicted molar refractivity (Wildman–Crippen MR) is 55.8 cm³/mol. The summed E-state index contributed by atoms with van der Waals surface area (Å²) in [6, 6.07) is 7.14. The fraction of sp³-hybridized carbons (Fsp3) is 0.500. The van der Waals surface area contributed by atoms with E-state index in [0.29, 0.717) is 11.8 Å². The van der Waals surface area contributed by atoms with E-state index in [9.17, 15) is 4.39 Å². The quantitative estimate of drug-likeness (QED) is 0.761. The van der Waals surface area contributed by atoms with E-state index in [2.05, 4.69) is 12.2 Å². The molecule has 0 unspecified atom stereocenters. The Morgan fingerprint density at radius 2 is 2.14 bits per heavy atom. The van der Waals surface area contributed by atoms with Gasteiger partial charge in [0.05, 0.1) is 0 Å². The summed E-state index contributed by atoms with van der Waals surface area (Å²) in [5.41, 5.74) is 0.879. The van der Waals surface area contributed by atoms with E-state index in [0.717, 1.165) is 25.1 Å². The van der Waals surface area contributed by atoms with E-state index in [1.165, 1.54) is 0 Å². The maximum absolute atomic E-state index is 13.5. The number of nitrogens with one attached hydrogen (secondary N) is 1. The maximum Gasteiger partial charge on any atom is 0.126 e. The van der Waals surface area contributed by atoms with Crippen molar-refractivity contribution in [2.45, 2.75) is 19.3 Å². The van der Waals surface area contributed by atoms with Gasteiger partial charge in [0.25, 0.3) is 0 Å². The minimum atomic E-state index is -0.0559. The molecule has 0 saturated carbocycles. The third-order valence-electron chi connectivity index (χ3n) is 3.17. The molecule has 2 atom stereocenters. The van der Waals surface area contributed by atoms with Gasteiger partial charge in [-0.3, -0.25) is 0 Å². The molecule has 1 nitrogen and oxygen atoms in total. The molecule has 1 N–H and O–H groups in total. The molecule has 2 heteroatoms. The van der Waals surface area contributed by atoms with Gasteiger partial charge in [0.2, 0.25) is 0 Å². The fourth-order valence-electron chi connectivity index (χ4n) is 2.30. The van der Waals surface area contributed by atoms with Gasteiger partial charge >= 0.3 is 0 Å². The average molecular weight is 193 g/mol. The first-order valence-corrected chi connectivity index (χ1v) is 5.28. The first kappa shape index (κ1) is 9.66. The molecule has 0 radical (unpaired) electrons. The summed E-state index contributed by atoms with van der Waals surface area (Å²) >= 11 is 0. The molecule has 1 fully saturated rings. The van der Waals surface area contributed by atoms with Crippen LogP contribution in [0.25, 0.3) is 0 Å². The fourth-order valence-corrected chi connectivity index (χ4v) is 2.30. The third-order valence-corrected chi connectivity index (χ3v) is 3.17. The summed E-state index contributed by atoms with van der Waals surface area (Å²) in [6.45, 7) is 4.11. The van der Waals surface area contributed by atoms with Crippen molar-refractivity contribution in [2.75, 3.05) is 13.1 Å². The zero-order valence-corrected chi connectivity index (χ0v) is 8.46. The van der Waals surface area contributed by atoms with Gasteiger partial charge < -0.3 is 5.32 Å². The third kappa shape index (κ3) is 1.67. The lowest BCUT2D eigenvalue weighted by atomic mass is 9.87. The highest BCUT2D eigenvalue weighted by molar-refractivity contribution is 5.24. The topological polar surface area (TPSA) is 12.0 Å². The van der Waals surface area contributed by atoms with Gasteiger partial charge in [-0.25, -0.2) is 4.39 Å². The van der Waals surface area contributed by atoms with Crippen LogP contribution in [0.15, 0.2) is 24.3 Å². The van der Waals surface area contributed by atoms with Crippen LogP contribution in [0.3, 0.4) is 0 Å². The summed E-state index contributed by atoms with van der Waals surface area (Å²) in [6.07, 6.45) is 1.12. The maximum atomic E-state index is 13.5. The Kier molecular flexibility index (Phi) is 2.82. The lowest BCUT2D eigenvalue weighted by molar-refractivity contribution is 0.481. The Bertz CT molecular complexity index is 311. The molecule has 2 rings (SSSR count).